The molecule has 0 aliphatic carbocycles. The summed E-state index contributed by atoms with van der Waals surface area (Å²) in [5, 5.41) is 6.06. The number of nitrogens with one attached hydrogen (secondary N) is 2. The molecule has 1 amide bonds. The average molecular weight is 341 g/mol. The first kappa shape index (κ1) is 22.8. The van der Waals surface area contributed by atoms with E-state index in [1.54, 1.807) is 0 Å². The second-order valence-corrected chi connectivity index (χ2v) is 7.30. The molecule has 0 spiro atoms. The SMILES string of the molecule is CCNC(CCCC(=O)NCCCCC(=O)C(C)(C)C)C(=O)CC. The molecule has 0 rings (SSSR count). The number of hydrogen-bond acceptors (Lipinski definition) is 4. The van der Waals surface area contributed by atoms with Gasteiger partial charge in [-0.1, -0.05) is 34.6 Å². The first-order valence-corrected chi connectivity index (χ1v) is 9.28. The Morgan fingerprint density at radius 2 is 1.62 bits per heavy atom. The monoisotopic (exact) mass is 340 g/mol. The minimum atomic E-state index is -0.276. The number of hydrogen-bond donors (Lipinski definition) is 2. The molecular formula is C19H36N2O3. The number of amides is 1. The van der Waals surface area contributed by atoms with Crippen molar-refractivity contribution in [2.75, 3.05) is 13.1 Å². The van der Waals surface area contributed by atoms with E-state index < -0.39 is 0 Å². The highest BCUT2D eigenvalue weighted by Crippen LogP contribution is 2.18. The van der Waals surface area contributed by atoms with Gasteiger partial charge in [-0.15, -0.1) is 0 Å². The zero-order chi connectivity index (χ0) is 18.6. The third-order valence-electron chi connectivity index (χ3n) is 4.07. The van der Waals surface area contributed by atoms with Crippen LogP contribution in [0.4, 0.5) is 0 Å². The number of rotatable bonds is 13. The molecule has 0 aromatic heterocycles. The fourth-order valence-corrected chi connectivity index (χ4v) is 2.44. The maximum Gasteiger partial charge on any atom is 0.219 e. The molecule has 0 aromatic rings. The molecule has 0 heterocycles. The number of Topliss-reactive ketones (excluding diaryl/α,β-unsaturated/α-hetero) is 2. The minimum absolute atomic E-state index is 0.0244. The van der Waals surface area contributed by atoms with E-state index in [2.05, 4.69) is 10.6 Å². The molecular weight excluding hydrogens is 304 g/mol. The van der Waals surface area contributed by atoms with E-state index in [1.165, 1.54) is 0 Å². The molecule has 0 fully saturated rings. The summed E-state index contributed by atoms with van der Waals surface area (Å²) >= 11 is 0. The quantitative estimate of drug-likeness (QED) is 0.505. The zero-order valence-electron chi connectivity index (χ0n) is 16.2. The average Bonchev–Trinajstić information content (AvgIpc) is 2.51. The Balaban J connectivity index is 3.80. The smallest absolute Gasteiger partial charge is 0.219 e. The van der Waals surface area contributed by atoms with Crippen LogP contribution in [0, 0.1) is 5.41 Å². The Hall–Kier alpha value is -1.23. The van der Waals surface area contributed by atoms with Crippen LogP contribution in [-0.2, 0) is 14.4 Å². The topological polar surface area (TPSA) is 75.3 Å². The lowest BCUT2D eigenvalue weighted by Gasteiger charge is -2.16. The molecule has 1 atom stereocenters. The molecule has 5 heteroatoms. The van der Waals surface area contributed by atoms with E-state index in [-0.39, 0.29) is 28.9 Å². The van der Waals surface area contributed by atoms with E-state index >= 15 is 0 Å². The molecule has 24 heavy (non-hydrogen) atoms. The van der Waals surface area contributed by atoms with Crippen LogP contribution in [0.15, 0.2) is 0 Å². The maximum atomic E-state index is 11.8. The molecule has 0 aromatic carbocycles. The first-order chi connectivity index (χ1) is 11.2. The molecule has 0 bridgehead atoms. The van der Waals surface area contributed by atoms with Crippen molar-refractivity contribution in [2.45, 2.75) is 85.6 Å². The number of ketones is 2. The van der Waals surface area contributed by atoms with Crippen molar-refractivity contribution < 1.29 is 14.4 Å². The van der Waals surface area contributed by atoms with Gasteiger partial charge >= 0.3 is 0 Å². The van der Waals surface area contributed by atoms with E-state index in [0.29, 0.717) is 38.6 Å². The predicted molar refractivity (Wildman–Crippen MR) is 97.9 cm³/mol. The van der Waals surface area contributed by atoms with Crippen LogP contribution >= 0.6 is 0 Å². The number of likely N-dealkylation sites (N-methyl/N-ethyl adjacent to an activating group) is 1. The summed E-state index contributed by atoms with van der Waals surface area (Å²) in [7, 11) is 0. The van der Waals surface area contributed by atoms with Crippen molar-refractivity contribution in [3.63, 3.8) is 0 Å². The van der Waals surface area contributed by atoms with Crippen molar-refractivity contribution in [3.05, 3.63) is 0 Å². The van der Waals surface area contributed by atoms with Crippen molar-refractivity contribution in [1.82, 2.24) is 10.6 Å². The van der Waals surface area contributed by atoms with E-state index in [4.69, 9.17) is 0 Å². The van der Waals surface area contributed by atoms with Gasteiger partial charge in [-0.25, -0.2) is 0 Å². The molecule has 1 unspecified atom stereocenters. The molecule has 0 radical (unpaired) electrons. The van der Waals surface area contributed by atoms with Gasteiger partial charge in [0.05, 0.1) is 6.04 Å². The lowest BCUT2D eigenvalue weighted by atomic mass is 9.88. The Kier molecular flexibility index (Phi) is 11.6. The molecule has 0 saturated heterocycles. The third-order valence-corrected chi connectivity index (χ3v) is 4.07. The van der Waals surface area contributed by atoms with Crippen molar-refractivity contribution in [2.24, 2.45) is 5.41 Å². The highest BCUT2D eigenvalue weighted by Gasteiger charge is 2.20. The fourth-order valence-electron chi connectivity index (χ4n) is 2.44. The molecule has 2 N–H and O–H groups in total. The molecule has 5 nitrogen and oxygen atoms in total. The van der Waals surface area contributed by atoms with Crippen LogP contribution in [0.3, 0.4) is 0 Å². The standard InChI is InChI=1S/C19H36N2O3/c1-6-16(22)15(20-7-2)11-10-13-18(24)21-14-9-8-12-17(23)19(3,4)5/h15,20H,6-14H2,1-5H3,(H,21,24). The predicted octanol–water partition coefficient (Wildman–Crippen LogP) is 3.02. The Labute approximate surface area is 147 Å². The molecule has 0 aliphatic rings. The number of unbranched alkanes of at least 4 members (excludes halogenated alkanes) is 1. The highest BCUT2D eigenvalue weighted by molar-refractivity contribution is 5.84. The summed E-state index contributed by atoms with van der Waals surface area (Å²) < 4.78 is 0. The van der Waals surface area contributed by atoms with E-state index in [1.807, 2.05) is 34.6 Å². The van der Waals surface area contributed by atoms with Gasteiger partial charge in [-0.2, -0.15) is 0 Å². The van der Waals surface area contributed by atoms with Gasteiger partial charge in [0, 0.05) is 31.2 Å². The second kappa shape index (κ2) is 12.2. The van der Waals surface area contributed by atoms with Crippen LogP contribution in [0.5, 0.6) is 0 Å². The van der Waals surface area contributed by atoms with Gasteiger partial charge < -0.3 is 10.6 Å². The maximum absolute atomic E-state index is 11.8. The van der Waals surface area contributed by atoms with Crippen molar-refractivity contribution in [1.29, 1.82) is 0 Å². The molecule has 0 saturated carbocycles. The second-order valence-electron chi connectivity index (χ2n) is 7.30. The lowest BCUT2D eigenvalue weighted by Crippen LogP contribution is -2.36. The molecule has 140 valence electrons. The Morgan fingerprint density at radius 1 is 0.958 bits per heavy atom. The van der Waals surface area contributed by atoms with Crippen LogP contribution in [0.2, 0.25) is 0 Å². The Morgan fingerprint density at radius 3 is 2.17 bits per heavy atom. The van der Waals surface area contributed by atoms with Crippen molar-refractivity contribution in [3.8, 4) is 0 Å². The van der Waals surface area contributed by atoms with Gasteiger partial charge in [0.25, 0.3) is 0 Å². The summed E-state index contributed by atoms with van der Waals surface area (Å²) in [6.45, 7) is 11.0. The normalized spacial score (nSPS) is 12.7. The van der Waals surface area contributed by atoms with Gasteiger partial charge in [-0.05, 0) is 32.2 Å². The zero-order valence-corrected chi connectivity index (χ0v) is 16.2. The first-order valence-electron chi connectivity index (χ1n) is 9.28. The van der Waals surface area contributed by atoms with Crippen LogP contribution in [0.1, 0.15) is 79.6 Å². The summed E-state index contributed by atoms with van der Waals surface area (Å²) in [4.78, 5) is 35.3. The van der Waals surface area contributed by atoms with E-state index in [0.717, 1.165) is 19.4 Å². The fraction of sp³-hybridized carbons (Fsp3) is 0.842. The van der Waals surface area contributed by atoms with Crippen LogP contribution < -0.4 is 10.6 Å². The molecule has 0 aliphatic heterocycles. The third kappa shape index (κ3) is 10.5. The summed E-state index contributed by atoms with van der Waals surface area (Å²) in [5.74, 6) is 0.501. The largest absolute Gasteiger partial charge is 0.356 e. The Bertz CT molecular complexity index is 400. The minimum Gasteiger partial charge on any atom is -0.356 e. The van der Waals surface area contributed by atoms with Gasteiger partial charge in [0.15, 0.2) is 0 Å². The van der Waals surface area contributed by atoms with Gasteiger partial charge in [0.2, 0.25) is 5.91 Å². The van der Waals surface area contributed by atoms with Crippen molar-refractivity contribution >= 4 is 17.5 Å². The van der Waals surface area contributed by atoms with E-state index in [9.17, 15) is 14.4 Å². The summed E-state index contributed by atoms with van der Waals surface area (Å²) in [6, 6.07) is -0.129. The number of carbonyl (C=O) groups is 3. The summed E-state index contributed by atoms with van der Waals surface area (Å²) in [6.07, 6.45) is 4.58. The van der Waals surface area contributed by atoms with Crippen LogP contribution in [0.25, 0.3) is 0 Å². The number of carbonyl (C=O) groups excluding carboxylic acids is 3. The lowest BCUT2D eigenvalue weighted by molar-refractivity contribution is -0.126. The van der Waals surface area contributed by atoms with Gasteiger partial charge in [-0.3, -0.25) is 14.4 Å². The summed E-state index contributed by atoms with van der Waals surface area (Å²) in [5.41, 5.74) is -0.276. The van der Waals surface area contributed by atoms with Crippen LogP contribution in [-0.4, -0.2) is 36.6 Å². The van der Waals surface area contributed by atoms with Gasteiger partial charge in [0.1, 0.15) is 11.6 Å². The highest BCUT2D eigenvalue weighted by atomic mass is 16.1.